The summed E-state index contributed by atoms with van der Waals surface area (Å²) in [4.78, 5) is 9.25. The van der Waals surface area contributed by atoms with E-state index >= 15 is 0 Å². The summed E-state index contributed by atoms with van der Waals surface area (Å²) in [6.45, 7) is 1.91. The number of aromatic nitrogens is 4. The van der Waals surface area contributed by atoms with Crippen molar-refractivity contribution in [1.82, 2.24) is 19.7 Å². The number of hydrogen-bond acceptors (Lipinski definition) is 5. The van der Waals surface area contributed by atoms with Crippen LogP contribution in [0.5, 0.6) is 0 Å². The minimum atomic E-state index is 0.421. The average Bonchev–Trinajstić information content (AvgIpc) is 3.12. The van der Waals surface area contributed by atoms with Crippen LogP contribution in [0.2, 0.25) is 5.02 Å². The molecule has 0 radical (unpaired) electrons. The molecule has 2 heterocycles. The van der Waals surface area contributed by atoms with Crippen molar-refractivity contribution >= 4 is 34.2 Å². The van der Waals surface area contributed by atoms with Crippen LogP contribution >= 0.6 is 11.6 Å². The van der Waals surface area contributed by atoms with Crippen molar-refractivity contribution in [2.45, 2.75) is 6.92 Å². The molecule has 0 saturated heterocycles. The van der Waals surface area contributed by atoms with E-state index in [0.717, 1.165) is 33.6 Å². The van der Waals surface area contributed by atoms with E-state index in [4.69, 9.17) is 11.6 Å². The lowest BCUT2D eigenvalue weighted by Crippen LogP contribution is -2.07. The molecule has 6 nitrogen and oxygen atoms in total. The van der Waals surface area contributed by atoms with Crippen LogP contribution in [0, 0.1) is 0 Å². The molecule has 2 aromatic heterocycles. The third kappa shape index (κ3) is 3.52. The number of hydrazone groups is 1. The van der Waals surface area contributed by atoms with E-state index in [9.17, 15) is 0 Å². The molecule has 0 fully saturated rings. The molecule has 4 rings (SSSR count). The highest BCUT2D eigenvalue weighted by atomic mass is 35.5. The second-order valence-electron chi connectivity index (χ2n) is 6.07. The van der Waals surface area contributed by atoms with Gasteiger partial charge in [-0.15, -0.1) is 0 Å². The van der Waals surface area contributed by atoms with Gasteiger partial charge in [-0.25, -0.2) is 15.4 Å². The molecule has 1 N–H and O–H groups in total. The highest BCUT2D eigenvalue weighted by Gasteiger charge is 2.11. The summed E-state index contributed by atoms with van der Waals surface area (Å²) < 4.78 is 1.76. The maximum absolute atomic E-state index is 6.19. The van der Waals surface area contributed by atoms with Crippen LogP contribution in [0.4, 0.5) is 5.95 Å². The fourth-order valence-corrected chi connectivity index (χ4v) is 3.06. The zero-order valence-electron chi connectivity index (χ0n) is 14.9. The molecule has 0 aliphatic rings. The summed E-state index contributed by atoms with van der Waals surface area (Å²) in [6, 6.07) is 17.4. The number of anilines is 1. The van der Waals surface area contributed by atoms with Crippen LogP contribution in [0.1, 0.15) is 12.6 Å². The second kappa shape index (κ2) is 7.17. The molecule has 2 aromatic carbocycles. The van der Waals surface area contributed by atoms with E-state index < -0.39 is 0 Å². The van der Waals surface area contributed by atoms with Gasteiger partial charge in [0.05, 0.1) is 22.6 Å². The molecule has 0 unspecified atom stereocenters. The van der Waals surface area contributed by atoms with Crippen molar-refractivity contribution in [3.8, 4) is 11.3 Å². The number of rotatable bonds is 4. The Labute approximate surface area is 161 Å². The lowest BCUT2D eigenvalue weighted by Gasteiger charge is -2.09. The van der Waals surface area contributed by atoms with E-state index in [1.807, 2.05) is 68.6 Å². The predicted octanol–water partition coefficient (Wildman–Crippen LogP) is 4.52. The Kier molecular flexibility index (Phi) is 4.56. The van der Waals surface area contributed by atoms with E-state index in [0.29, 0.717) is 11.0 Å². The molecule has 0 amide bonds. The normalized spacial score (nSPS) is 11.7. The fraction of sp³-hybridized carbons (Fsp3) is 0.100. The van der Waals surface area contributed by atoms with Crippen molar-refractivity contribution in [2.75, 3.05) is 5.43 Å². The second-order valence-corrected chi connectivity index (χ2v) is 6.51. The first-order valence-corrected chi connectivity index (χ1v) is 8.81. The van der Waals surface area contributed by atoms with Crippen LogP contribution < -0.4 is 5.43 Å². The van der Waals surface area contributed by atoms with Gasteiger partial charge in [0.1, 0.15) is 0 Å². The van der Waals surface area contributed by atoms with Crippen LogP contribution in [-0.2, 0) is 7.05 Å². The highest BCUT2D eigenvalue weighted by molar-refractivity contribution is 6.31. The van der Waals surface area contributed by atoms with E-state index in [1.165, 1.54) is 0 Å². The third-order valence-electron chi connectivity index (χ3n) is 4.22. The Hall–Kier alpha value is -3.25. The van der Waals surface area contributed by atoms with E-state index in [2.05, 4.69) is 25.6 Å². The Morgan fingerprint density at radius 1 is 1.07 bits per heavy atom. The Morgan fingerprint density at radius 2 is 1.89 bits per heavy atom. The van der Waals surface area contributed by atoms with E-state index in [-0.39, 0.29) is 0 Å². The van der Waals surface area contributed by atoms with Crippen LogP contribution in [0.15, 0.2) is 65.9 Å². The minimum absolute atomic E-state index is 0.421. The molecule has 0 saturated carbocycles. The number of halogens is 1. The van der Waals surface area contributed by atoms with Crippen molar-refractivity contribution in [3.63, 3.8) is 0 Å². The van der Waals surface area contributed by atoms with Gasteiger partial charge in [0, 0.05) is 29.2 Å². The number of benzene rings is 2. The lowest BCUT2D eigenvalue weighted by atomic mass is 10.1. The monoisotopic (exact) mass is 376 g/mol. The SMILES string of the molecule is C/C(=N\Nc1nc(-c2ccccc2)c2cc(Cl)ccc2n1)c1ccnn1C. The molecule has 134 valence electrons. The predicted molar refractivity (Wildman–Crippen MR) is 109 cm³/mol. The zero-order chi connectivity index (χ0) is 18.8. The largest absolute Gasteiger partial charge is 0.267 e. The highest BCUT2D eigenvalue weighted by Crippen LogP contribution is 2.29. The van der Waals surface area contributed by atoms with Crippen LogP contribution in [-0.4, -0.2) is 25.5 Å². The van der Waals surface area contributed by atoms with Gasteiger partial charge in [0.2, 0.25) is 5.95 Å². The summed E-state index contributed by atoms with van der Waals surface area (Å²) in [5, 5.41) is 10.1. The van der Waals surface area contributed by atoms with E-state index in [1.54, 1.807) is 10.9 Å². The smallest absolute Gasteiger partial charge is 0.244 e. The first kappa shape index (κ1) is 17.2. The van der Waals surface area contributed by atoms with Gasteiger partial charge in [-0.05, 0) is 31.2 Å². The molecule has 0 bridgehead atoms. The standard InChI is InChI=1S/C20H17ClN6/c1-13(18-10-11-22-27(18)2)25-26-20-23-17-9-8-15(21)12-16(17)19(24-20)14-6-4-3-5-7-14/h3-12H,1-2H3,(H,23,24,26)/b25-13+. The van der Waals surface area contributed by atoms with Gasteiger partial charge in [0.15, 0.2) is 0 Å². The number of fused-ring (bicyclic) bond motifs is 1. The zero-order valence-corrected chi connectivity index (χ0v) is 15.6. The van der Waals surface area contributed by atoms with Crippen LogP contribution in [0.25, 0.3) is 22.2 Å². The van der Waals surface area contributed by atoms with Crippen molar-refractivity contribution in [2.24, 2.45) is 12.1 Å². The summed E-state index contributed by atoms with van der Waals surface area (Å²) in [6.07, 6.45) is 1.73. The van der Waals surface area contributed by atoms with Gasteiger partial charge < -0.3 is 0 Å². The average molecular weight is 377 g/mol. The topological polar surface area (TPSA) is 68.0 Å². The third-order valence-corrected chi connectivity index (χ3v) is 4.46. The summed E-state index contributed by atoms with van der Waals surface area (Å²) in [7, 11) is 1.87. The summed E-state index contributed by atoms with van der Waals surface area (Å²) in [5.74, 6) is 0.421. The van der Waals surface area contributed by atoms with Gasteiger partial charge in [-0.2, -0.15) is 10.2 Å². The quantitative estimate of drug-likeness (QED) is 0.420. The Bertz CT molecular complexity index is 1130. The summed E-state index contributed by atoms with van der Waals surface area (Å²) >= 11 is 6.19. The number of hydrogen-bond donors (Lipinski definition) is 1. The first-order valence-electron chi connectivity index (χ1n) is 8.43. The summed E-state index contributed by atoms with van der Waals surface area (Å²) in [5.41, 5.74) is 7.26. The minimum Gasteiger partial charge on any atom is -0.267 e. The number of nitrogens with zero attached hydrogens (tertiary/aromatic N) is 5. The Morgan fingerprint density at radius 3 is 2.63 bits per heavy atom. The molecule has 0 atom stereocenters. The Balaban J connectivity index is 1.78. The maximum Gasteiger partial charge on any atom is 0.244 e. The van der Waals surface area contributed by atoms with Crippen LogP contribution in [0.3, 0.4) is 0 Å². The molecule has 0 aliphatic heterocycles. The van der Waals surface area contributed by atoms with Crippen molar-refractivity contribution < 1.29 is 0 Å². The molecule has 0 aliphatic carbocycles. The molecular formula is C20H17ClN6. The van der Waals surface area contributed by atoms with Gasteiger partial charge >= 0.3 is 0 Å². The maximum atomic E-state index is 6.19. The van der Waals surface area contributed by atoms with Gasteiger partial charge in [-0.3, -0.25) is 4.68 Å². The first-order chi connectivity index (χ1) is 13.1. The number of nitrogens with one attached hydrogen (secondary N) is 1. The van der Waals surface area contributed by atoms with Crippen molar-refractivity contribution in [1.29, 1.82) is 0 Å². The molecule has 0 spiro atoms. The van der Waals surface area contributed by atoms with Gasteiger partial charge in [0.25, 0.3) is 0 Å². The van der Waals surface area contributed by atoms with Gasteiger partial charge in [-0.1, -0.05) is 41.9 Å². The lowest BCUT2D eigenvalue weighted by molar-refractivity contribution is 0.759. The molecule has 27 heavy (non-hydrogen) atoms. The molecule has 4 aromatic rings. The number of aryl methyl sites for hydroxylation is 1. The molecular weight excluding hydrogens is 360 g/mol. The fourth-order valence-electron chi connectivity index (χ4n) is 2.89. The molecule has 7 heteroatoms. The van der Waals surface area contributed by atoms with Crippen molar-refractivity contribution in [3.05, 3.63) is 71.5 Å².